The number of rotatable bonds is 8. The summed E-state index contributed by atoms with van der Waals surface area (Å²) in [5, 5.41) is 4.67. The lowest BCUT2D eigenvalue weighted by Gasteiger charge is -2.02. The minimum atomic E-state index is 0.681. The third-order valence-corrected chi connectivity index (χ3v) is 3.63. The van der Waals surface area contributed by atoms with E-state index in [0.717, 1.165) is 32.5 Å². The van der Waals surface area contributed by atoms with Crippen LogP contribution < -0.4 is 5.32 Å². The summed E-state index contributed by atoms with van der Waals surface area (Å²) in [4.78, 5) is 6.10. The van der Waals surface area contributed by atoms with Gasteiger partial charge in [0.1, 0.15) is 0 Å². The van der Waals surface area contributed by atoms with Crippen molar-refractivity contribution in [3.8, 4) is 0 Å². The smallest absolute Gasteiger partial charge is 0.0934 e. The van der Waals surface area contributed by atoms with Crippen molar-refractivity contribution in [1.82, 2.24) is 10.3 Å². The maximum atomic E-state index is 5.02. The van der Waals surface area contributed by atoms with Crippen molar-refractivity contribution >= 4 is 11.3 Å². The fourth-order valence-electron chi connectivity index (χ4n) is 1.66. The van der Waals surface area contributed by atoms with Crippen LogP contribution in [0.15, 0.2) is 0 Å². The van der Waals surface area contributed by atoms with Crippen molar-refractivity contribution in [2.75, 3.05) is 20.3 Å². The summed E-state index contributed by atoms with van der Waals surface area (Å²) in [6.45, 7) is 9.23. The number of thiazole rings is 1. The molecule has 0 bridgehead atoms. The van der Waals surface area contributed by atoms with Crippen LogP contribution in [-0.2, 0) is 24.1 Å². The van der Waals surface area contributed by atoms with E-state index in [9.17, 15) is 0 Å². The van der Waals surface area contributed by atoms with E-state index in [1.807, 2.05) is 11.3 Å². The summed E-state index contributed by atoms with van der Waals surface area (Å²) in [6, 6.07) is 0. The van der Waals surface area contributed by atoms with Gasteiger partial charge < -0.3 is 10.1 Å². The van der Waals surface area contributed by atoms with E-state index in [1.165, 1.54) is 15.6 Å². The SMILES string of the molecule is CCc1nc(CC(C)C)sc1CNCCOC. The first kappa shape index (κ1) is 14.6. The summed E-state index contributed by atoms with van der Waals surface area (Å²) >= 11 is 1.86. The van der Waals surface area contributed by atoms with E-state index in [2.05, 4.69) is 26.1 Å². The fraction of sp³-hybridized carbons (Fsp3) is 0.769. The minimum absolute atomic E-state index is 0.681. The van der Waals surface area contributed by atoms with E-state index >= 15 is 0 Å². The molecule has 0 aliphatic rings. The van der Waals surface area contributed by atoms with Gasteiger partial charge >= 0.3 is 0 Å². The summed E-state index contributed by atoms with van der Waals surface area (Å²) in [6.07, 6.45) is 2.12. The number of hydrogen-bond donors (Lipinski definition) is 1. The first-order valence-corrected chi connectivity index (χ1v) is 7.16. The molecule has 0 atom stereocenters. The Balaban J connectivity index is 2.53. The van der Waals surface area contributed by atoms with Gasteiger partial charge in [-0.05, 0) is 12.3 Å². The maximum absolute atomic E-state index is 5.02. The van der Waals surface area contributed by atoms with Gasteiger partial charge in [-0.1, -0.05) is 20.8 Å². The number of methoxy groups -OCH3 is 1. The Labute approximate surface area is 109 Å². The number of nitrogens with one attached hydrogen (secondary N) is 1. The lowest BCUT2D eigenvalue weighted by atomic mass is 10.1. The molecular weight excluding hydrogens is 232 g/mol. The number of ether oxygens (including phenoxy) is 1. The van der Waals surface area contributed by atoms with Crippen LogP contribution >= 0.6 is 11.3 Å². The van der Waals surface area contributed by atoms with Gasteiger partial charge in [-0.2, -0.15) is 0 Å². The summed E-state index contributed by atoms with van der Waals surface area (Å²) in [7, 11) is 1.73. The first-order chi connectivity index (χ1) is 8.17. The molecule has 4 heteroatoms. The van der Waals surface area contributed by atoms with E-state index in [-0.39, 0.29) is 0 Å². The Morgan fingerprint density at radius 2 is 2.18 bits per heavy atom. The van der Waals surface area contributed by atoms with Gasteiger partial charge in [-0.15, -0.1) is 11.3 Å². The average molecular weight is 256 g/mol. The molecule has 0 aliphatic heterocycles. The lowest BCUT2D eigenvalue weighted by molar-refractivity contribution is 0.199. The van der Waals surface area contributed by atoms with Crippen LogP contribution in [0.25, 0.3) is 0 Å². The van der Waals surface area contributed by atoms with Gasteiger partial charge in [-0.3, -0.25) is 0 Å². The molecule has 3 nitrogen and oxygen atoms in total. The van der Waals surface area contributed by atoms with Crippen LogP contribution in [-0.4, -0.2) is 25.2 Å². The van der Waals surface area contributed by atoms with Gasteiger partial charge in [0.2, 0.25) is 0 Å². The molecule has 98 valence electrons. The molecule has 0 saturated heterocycles. The second-order valence-corrected chi connectivity index (χ2v) is 5.77. The van der Waals surface area contributed by atoms with Gasteiger partial charge in [0, 0.05) is 31.5 Å². The minimum Gasteiger partial charge on any atom is -0.383 e. The zero-order chi connectivity index (χ0) is 12.7. The molecule has 1 aromatic rings. The van der Waals surface area contributed by atoms with Crippen molar-refractivity contribution in [2.45, 2.75) is 40.2 Å². The van der Waals surface area contributed by atoms with E-state index < -0.39 is 0 Å². The highest BCUT2D eigenvalue weighted by molar-refractivity contribution is 7.11. The highest BCUT2D eigenvalue weighted by Gasteiger charge is 2.10. The van der Waals surface area contributed by atoms with Crippen molar-refractivity contribution in [3.05, 3.63) is 15.6 Å². The Morgan fingerprint density at radius 3 is 2.76 bits per heavy atom. The standard InChI is InChI=1S/C13H24N2OS/c1-5-11-12(9-14-6-7-16-4)17-13(15-11)8-10(2)3/h10,14H,5-9H2,1-4H3. The second kappa shape index (κ2) is 7.80. The third-order valence-electron chi connectivity index (χ3n) is 2.51. The number of aromatic nitrogens is 1. The van der Waals surface area contributed by atoms with Crippen molar-refractivity contribution in [3.63, 3.8) is 0 Å². The summed E-state index contributed by atoms with van der Waals surface area (Å²) in [5.41, 5.74) is 1.26. The second-order valence-electron chi connectivity index (χ2n) is 4.60. The molecule has 0 aliphatic carbocycles. The third kappa shape index (κ3) is 5.15. The van der Waals surface area contributed by atoms with Gasteiger partial charge in [0.05, 0.1) is 17.3 Å². The molecule has 0 aromatic carbocycles. The Hall–Kier alpha value is -0.450. The average Bonchev–Trinajstić information content (AvgIpc) is 2.66. The molecule has 0 amide bonds. The van der Waals surface area contributed by atoms with Gasteiger partial charge in [0.25, 0.3) is 0 Å². The maximum Gasteiger partial charge on any atom is 0.0934 e. The topological polar surface area (TPSA) is 34.2 Å². The zero-order valence-electron chi connectivity index (χ0n) is 11.4. The molecule has 0 saturated carbocycles. The lowest BCUT2D eigenvalue weighted by Crippen LogP contribution is -2.18. The van der Waals surface area contributed by atoms with Crippen LogP contribution in [0.2, 0.25) is 0 Å². The molecule has 1 aromatic heterocycles. The summed E-state index contributed by atoms with van der Waals surface area (Å²) in [5.74, 6) is 0.681. The normalized spacial score (nSPS) is 11.4. The highest BCUT2D eigenvalue weighted by Crippen LogP contribution is 2.21. The predicted molar refractivity (Wildman–Crippen MR) is 73.6 cm³/mol. The summed E-state index contributed by atoms with van der Waals surface area (Å²) < 4.78 is 5.02. The number of aryl methyl sites for hydroxylation is 1. The first-order valence-electron chi connectivity index (χ1n) is 6.34. The molecule has 0 radical (unpaired) electrons. The fourth-order valence-corrected chi connectivity index (χ4v) is 3.00. The van der Waals surface area contributed by atoms with Crippen molar-refractivity contribution in [2.24, 2.45) is 5.92 Å². The largest absolute Gasteiger partial charge is 0.383 e. The zero-order valence-corrected chi connectivity index (χ0v) is 12.2. The number of hydrogen-bond acceptors (Lipinski definition) is 4. The van der Waals surface area contributed by atoms with Crippen LogP contribution in [0, 0.1) is 5.92 Å². The van der Waals surface area contributed by atoms with E-state index in [1.54, 1.807) is 7.11 Å². The van der Waals surface area contributed by atoms with Crippen LogP contribution in [0.5, 0.6) is 0 Å². The van der Waals surface area contributed by atoms with Crippen molar-refractivity contribution < 1.29 is 4.74 Å². The van der Waals surface area contributed by atoms with Gasteiger partial charge in [0.15, 0.2) is 0 Å². The van der Waals surface area contributed by atoms with Crippen LogP contribution in [0.3, 0.4) is 0 Å². The monoisotopic (exact) mass is 256 g/mol. The van der Waals surface area contributed by atoms with E-state index in [0.29, 0.717) is 5.92 Å². The molecule has 1 rings (SSSR count). The quantitative estimate of drug-likeness (QED) is 0.726. The Kier molecular flexibility index (Phi) is 6.70. The van der Waals surface area contributed by atoms with Crippen LogP contribution in [0.4, 0.5) is 0 Å². The Bertz CT molecular complexity index is 323. The molecule has 0 fully saturated rings. The Morgan fingerprint density at radius 1 is 1.41 bits per heavy atom. The molecular formula is C13H24N2OS. The highest BCUT2D eigenvalue weighted by atomic mass is 32.1. The molecule has 0 unspecified atom stereocenters. The van der Waals surface area contributed by atoms with Crippen molar-refractivity contribution in [1.29, 1.82) is 0 Å². The van der Waals surface area contributed by atoms with E-state index in [4.69, 9.17) is 9.72 Å². The van der Waals surface area contributed by atoms with Crippen LogP contribution in [0.1, 0.15) is 36.3 Å². The molecule has 1 heterocycles. The predicted octanol–water partition coefficient (Wildman–Crippen LogP) is 2.64. The molecule has 17 heavy (non-hydrogen) atoms. The van der Waals surface area contributed by atoms with Gasteiger partial charge in [-0.25, -0.2) is 4.98 Å². The molecule has 1 N–H and O–H groups in total. The molecule has 0 spiro atoms. The number of nitrogens with zero attached hydrogens (tertiary/aromatic N) is 1.